The maximum atomic E-state index is 12.3. The zero-order valence-corrected chi connectivity index (χ0v) is 13.9. The number of hydrogen-bond acceptors (Lipinski definition) is 2. The van der Waals surface area contributed by atoms with Gasteiger partial charge in [-0.2, -0.15) is 17.4 Å². The van der Waals surface area contributed by atoms with Gasteiger partial charge in [-0.05, 0) is 31.1 Å². The van der Waals surface area contributed by atoms with E-state index in [1.807, 2.05) is 0 Å². The SMILES string of the molecule is CC1CCCN(S(=O)(=O)NC(CCBr)C(C)C)C1. The summed E-state index contributed by atoms with van der Waals surface area (Å²) in [6.45, 7) is 7.51. The van der Waals surface area contributed by atoms with Crippen molar-refractivity contribution < 1.29 is 8.42 Å². The van der Waals surface area contributed by atoms with Crippen molar-refractivity contribution in [3.63, 3.8) is 0 Å². The van der Waals surface area contributed by atoms with Gasteiger partial charge in [0.2, 0.25) is 0 Å². The summed E-state index contributed by atoms with van der Waals surface area (Å²) in [5.41, 5.74) is 0. The third-order valence-corrected chi connectivity index (χ3v) is 5.55. The lowest BCUT2D eigenvalue weighted by Crippen LogP contribution is -2.50. The van der Waals surface area contributed by atoms with Gasteiger partial charge in [0.25, 0.3) is 10.2 Å². The molecular weight excluding hydrogens is 316 g/mol. The van der Waals surface area contributed by atoms with Crippen molar-refractivity contribution in [2.45, 2.75) is 46.1 Å². The normalized spacial score (nSPS) is 24.4. The minimum Gasteiger partial charge on any atom is -0.199 e. The molecule has 1 aliphatic rings. The number of alkyl halides is 1. The number of hydrogen-bond donors (Lipinski definition) is 1. The van der Waals surface area contributed by atoms with Crippen molar-refractivity contribution in [1.29, 1.82) is 0 Å². The number of nitrogens with one attached hydrogen (secondary N) is 1. The van der Waals surface area contributed by atoms with Gasteiger partial charge in [0.05, 0.1) is 0 Å². The Morgan fingerprint density at radius 2 is 2.11 bits per heavy atom. The van der Waals surface area contributed by atoms with Gasteiger partial charge in [-0.15, -0.1) is 0 Å². The van der Waals surface area contributed by atoms with Crippen molar-refractivity contribution in [2.75, 3.05) is 18.4 Å². The molecular formula is C12H25BrN2O2S. The minimum absolute atomic E-state index is 0.00612. The standard InChI is InChI=1S/C12H25BrN2O2S/c1-10(2)12(6-7-13)14-18(16,17)15-8-4-5-11(3)9-15/h10-12,14H,4-9H2,1-3H3. The van der Waals surface area contributed by atoms with Crippen LogP contribution in [0.25, 0.3) is 0 Å². The van der Waals surface area contributed by atoms with Crippen molar-refractivity contribution in [1.82, 2.24) is 9.03 Å². The van der Waals surface area contributed by atoms with Gasteiger partial charge >= 0.3 is 0 Å². The van der Waals surface area contributed by atoms with Gasteiger partial charge < -0.3 is 0 Å². The van der Waals surface area contributed by atoms with Gasteiger partial charge in [0.15, 0.2) is 0 Å². The van der Waals surface area contributed by atoms with Crippen LogP contribution in [-0.2, 0) is 10.2 Å². The molecule has 0 saturated carbocycles. The van der Waals surface area contributed by atoms with Gasteiger partial charge in [-0.1, -0.05) is 36.7 Å². The summed E-state index contributed by atoms with van der Waals surface area (Å²) < 4.78 is 29.1. The van der Waals surface area contributed by atoms with Crippen molar-refractivity contribution in [3.05, 3.63) is 0 Å². The van der Waals surface area contributed by atoms with E-state index < -0.39 is 10.2 Å². The molecule has 0 aromatic rings. The quantitative estimate of drug-likeness (QED) is 0.754. The molecule has 18 heavy (non-hydrogen) atoms. The van der Waals surface area contributed by atoms with Crippen LogP contribution in [0.1, 0.15) is 40.0 Å². The second-order valence-corrected chi connectivity index (χ2v) is 8.05. The van der Waals surface area contributed by atoms with Crippen LogP contribution in [0.2, 0.25) is 0 Å². The highest BCUT2D eigenvalue weighted by Gasteiger charge is 2.29. The van der Waals surface area contributed by atoms with E-state index >= 15 is 0 Å². The number of piperidine rings is 1. The van der Waals surface area contributed by atoms with Crippen LogP contribution >= 0.6 is 15.9 Å². The highest BCUT2D eigenvalue weighted by Crippen LogP contribution is 2.19. The molecule has 0 aromatic carbocycles. The fraction of sp³-hybridized carbons (Fsp3) is 1.00. The lowest BCUT2D eigenvalue weighted by atomic mass is 10.0. The average Bonchev–Trinajstić information content (AvgIpc) is 2.28. The molecule has 0 radical (unpaired) electrons. The maximum Gasteiger partial charge on any atom is 0.279 e. The summed E-state index contributed by atoms with van der Waals surface area (Å²) in [5.74, 6) is 0.767. The second kappa shape index (κ2) is 7.22. The molecule has 4 nitrogen and oxygen atoms in total. The Morgan fingerprint density at radius 1 is 1.44 bits per heavy atom. The summed E-state index contributed by atoms with van der Waals surface area (Å²) >= 11 is 3.38. The van der Waals surface area contributed by atoms with Gasteiger partial charge in [-0.3, -0.25) is 0 Å². The summed E-state index contributed by atoms with van der Waals surface area (Å²) in [7, 11) is -3.32. The molecule has 6 heteroatoms. The van der Waals surface area contributed by atoms with Crippen LogP contribution in [0.15, 0.2) is 0 Å². The Bertz CT molecular complexity index is 346. The molecule has 1 heterocycles. The maximum absolute atomic E-state index is 12.3. The van der Waals surface area contributed by atoms with Crippen molar-refractivity contribution in [3.8, 4) is 0 Å². The van der Waals surface area contributed by atoms with Gasteiger partial charge in [0, 0.05) is 24.5 Å². The number of rotatable bonds is 6. The number of halogens is 1. The van der Waals surface area contributed by atoms with Gasteiger partial charge in [-0.25, -0.2) is 0 Å². The Hall–Kier alpha value is 0.350. The molecule has 0 bridgehead atoms. The van der Waals surface area contributed by atoms with Crippen LogP contribution in [0, 0.1) is 11.8 Å². The topological polar surface area (TPSA) is 49.4 Å². The first-order valence-electron chi connectivity index (χ1n) is 6.70. The first-order valence-corrected chi connectivity index (χ1v) is 9.26. The molecule has 2 unspecified atom stereocenters. The van der Waals surface area contributed by atoms with E-state index in [-0.39, 0.29) is 6.04 Å². The molecule has 0 amide bonds. The van der Waals surface area contributed by atoms with Crippen LogP contribution in [-0.4, -0.2) is 37.2 Å². The van der Waals surface area contributed by atoms with E-state index in [1.165, 1.54) is 0 Å². The summed E-state index contributed by atoms with van der Waals surface area (Å²) in [6.07, 6.45) is 2.91. The van der Waals surface area contributed by atoms with E-state index in [4.69, 9.17) is 0 Å². The monoisotopic (exact) mass is 340 g/mol. The molecule has 0 spiro atoms. The molecule has 0 aromatic heterocycles. The van der Waals surface area contributed by atoms with E-state index in [2.05, 4.69) is 41.4 Å². The molecule has 1 fully saturated rings. The lowest BCUT2D eigenvalue weighted by molar-refractivity contribution is 0.274. The highest BCUT2D eigenvalue weighted by molar-refractivity contribution is 9.09. The summed E-state index contributed by atoms with van der Waals surface area (Å²) in [6, 6.07) is 0.00612. The predicted octanol–water partition coefficient (Wildman–Crippen LogP) is 2.36. The smallest absolute Gasteiger partial charge is 0.199 e. The van der Waals surface area contributed by atoms with Crippen LogP contribution in [0.4, 0.5) is 0 Å². The Kier molecular flexibility index (Phi) is 6.58. The Balaban J connectivity index is 2.67. The van der Waals surface area contributed by atoms with Crippen molar-refractivity contribution >= 4 is 26.1 Å². The van der Waals surface area contributed by atoms with E-state index in [1.54, 1.807) is 4.31 Å². The molecule has 1 rings (SSSR count). The molecule has 108 valence electrons. The van der Waals surface area contributed by atoms with Crippen LogP contribution in [0.3, 0.4) is 0 Å². The number of nitrogens with zero attached hydrogens (tertiary/aromatic N) is 1. The minimum atomic E-state index is -3.32. The van der Waals surface area contributed by atoms with Crippen LogP contribution in [0.5, 0.6) is 0 Å². The fourth-order valence-corrected chi connectivity index (χ4v) is 4.51. The van der Waals surface area contributed by atoms with Crippen LogP contribution < -0.4 is 4.72 Å². The molecule has 0 aliphatic carbocycles. The third kappa shape index (κ3) is 4.79. The summed E-state index contributed by atoms with van der Waals surface area (Å²) in [5, 5.41) is 0.814. The van der Waals surface area contributed by atoms with E-state index in [0.717, 1.165) is 24.6 Å². The third-order valence-electron chi connectivity index (χ3n) is 3.48. The zero-order valence-electron chi connectivity index (χ0n) is 11.5. The largest absolute Gasteiger partial charge is 0.279 e. The molecule has 1 aliphatic heterocycles. The van der Waals surface area contributed by atoms with Crippen molar-refractivity contribution in [2.24, 2.45) is 11.8 Å². The molecule has 2 atom stereocenters. The Labute approximate surface area is 120 Å². The molecule has 1 N–H and O–H groups in total. The lowest BCUT2D eigenvalue weighted by Gasteiger charge is -2.32. The first-order chi connectivity index (χ1) is 8.36. The first kappa shape index (κ1) is 16.4. The summed E-state index contributed by atoms with van der Waals surface area (Å²) in [4.78, 5) is 0. The van der Waals surface area contributed by atoms with E-state index in [0.29, 0.717) is 24.9 Å². The highest BCUT2D eigenvalue weighted by atomic mass is 79.9. The van der Waals surface area contributed by atoms with Gasteiger partial charge in [0.1, 0.15) is 0 Å². The predicted molar refractivity (Wildman–Crippen MR) is 79.1 cm³/mol. The zero-order chi connectivity index (χ0) is 13.8. The fourth-order valence-electron chi connectivity index (χ4n) is 2.28. The van der Waals surface area contributed by atoms with E-state index in [9.17, 15) is 8.42 Å². The molecule has 1 saturated heterocycles. The average molecular weight is 341 g/mol. The Morgan fingerprint density at radius 3 is 2.61 bits per heavy atom. The second-order valence-electron chi connectivity index (χ2n) is 5.56.